The minimum atomic E-state index is 0.0972. The summed E-state index contributed by atoms with van der Waals surface area (Å²) in [5.41, 5.74) is 5.40. The van der Waals surface area contributed by atoms with E-state index in [4.69, 9.17) is 20.8 Å². The SMILES string of the molecule is NC(CCCN1CCC(OCCO)CC1)=NO. The maximum absolute atomic E-state index is 8.66. The highest BCUT2D eigenvalue weighted by atomic mass is 16.5. The standard InChI is InChI=1S/C11H23N3O3/c12-11(13-16)2-1-5-14-6-3-10(4-7-14)17-9-8-15/h10,15-16H,1-9H2,(H2,12,13). The quantitative estimate of drug-likeness (QED) is 0.254. The lowest BCUT2D eigenvalue weighted by Gasteiger charge is -2.31. The molecule has 17 heavy (non-hydrogen) atoms. The fourth-order valence-electron chi connectivity index (χ4n) is 2.05. The topological polar surface area (TPSA) is 91.3 Å². The summed E-state index contributed by atoms with van der Waals surface area (Å²) >= 11 is 0. The second-order valence-corrected chi connectivity index (χ2v) is 4.33. The van der Waals surface area contributed by atoms with Crippen molar-refractivity contribution >= 4 is 5.84 Å². The molecule has 6 heteroatoms. The summed E-state index contributed by atoms with van der Waals surface area (Å²) in [6, 6.07) is 0. The van der Waals surface area contributed by atoms with Crippen molar-refractivity contribution in [2.24, 2.45) is 10.9 Å². The van der Waals surface area contributed by atoms with Gasteiger partial charge in [-0.2, -0.15) is 0 Å². The van der Waals surface area contributed by atoms with Crippen LogP contribution < -0.4 is 5.73 Å². The van der Waals surface area contributed by atoms with Crippen LogP contribution in [0.25, 0.3) is 0 Å². The lowest BCUT2D eigenvalue weighted by atomic mass is 10.1. The molecule has 0 unspecified atom stereocenters. The molecule has 0 aromatic carbocycles. The first-order chi connectivity index (χ1) is 8.26. The summed E-state index contributed by atoms with van der Waals surface area (Å²) in [6.45, 7) is 3.55. The predicted molar refractivity (Wildman–Crippen MR) is 65.1 cm³/mol. The van der Waals surface area contributed by atoms with Gasteiger partial charge in [0.05, 0.1) is 19.3 Å². The molecule has 0 radical (unpaired) electrons. The Morgan fingerprint density at radius 3 is 2.71 bits per heavy atom. The minimum Gasteiger partial charge on any atom is -0.409 e. The number of rotatable bonds is 7. The van der Waals surface area contributed by atoms with Crippen LogP contribution in [0.2, 0.25) is 0 Å². The van der Waals surface area contributed by atoms with E-state index in [1.54, 1.807) is 0 Å². The molecule has 0 bridgehead atoms. The van der Waals surface area contributed by atoms with Gasteiger partial charge in [-0.25, -0.2) is 0 Å². The molecule has 0 aromatic heterocycles. The summed E-state index contributed by atoms with van der Waals surface area (Å²) in [5.74, 6) is 0.297. The zero-order valence-electron chi connectivity index (χ0n) is 10.2. The fourth-order valence-corrected chi connectivity index (χ4v) is 2.05. The normalized spacial score (nSPS) is 19.7. The third-order valence-corrected chi connectivity index (χ3v) is 3.02. The molecule has 1 fully saturated rings. The van der Waals surface area contributed by atoms with Crippen molar-refractivity contribution in [2.75, 3.05) is 32.8 Å². The number of hydrogen-bond acceptors (Lipinski definition) is 5. The van der Waals surface area contributed by atoms with E-state index in [9.17, 15) is 0 Å². The smallest absolute Gasteiger partial charge is 0.139 e. The molecule has 0 amide bonds. The summed E-state index contributed by atoms with van der Waals surface area (Å²) in [7, 11) is 0. The van der Waals surface area contributed by atoms with Gasteiger partial charge in [-0.1, -0.05) is 5.16 Å². The molecule has 0 spiro atoms. The van der Waals surface area contributed by atoms with Gasteiger partial charge in [0.25, 0.3) is 0 Å². The van der Waals surface area contributed by atoms with E-state index in [0.717, 1.165) is 38.9 Å². The van der Waals surface area contributed by atoms with Crippen LogP contribution in [-0.4, -0.2) is 60.0 Å². The van der Waals surface area contributed by atoms with Crippen LogP contribution in [0.5, 0.6) is 0 Å². The number of oxime groups is 1. The molecule has 1 saturated heterocycles. The van der Waals surface area contributed by atoms with Crippen LogP contribution in [0.1, 0.15) is 25.7 Å². The first kappa shape index (κ1) is 14.2. The maximum atomic E-state index is 8.66. The number of nitrogens with zero attached hydrogens (tertiary/aromatic N) is 2. The Balaban J connectivity index is 2.06. The first-order valence-electron chi connectivity index (χ1n) is 6.17. The van der Waals surface area contributed by atoms with Gasteiger partial charge in [0.2, 0.25) is 0 Å². The Bertz CT molecular complexity index is 228. The molecular formula is C11H23N3O3. The second-order valence-electron chi connectivity index (χ2n) is 4.33. The van der Waals surface area contributed by atoms with Crippen LogP contribution in [0.15, 0.2) is 5.16 Å². The van der Waals surface area contributed by atoms with E-state index >= 15 is 0 Å². The molecule has 4 N–H and O–H groups in total. The first-order valence-corrected chi connectivity index (χ1v) is 6.17. The second kappa shape index (κ2) is 8.27. The zero-order chi connectivity index (χ0) is 12.5. The molecule has 0 aromatic rings. The number of aliphatic hydroxyl groups excluding tert-OH is 1. The van der Waals surface area contributed by atoms with Gasteiger partial charge in [0.1, 0.15) is 5.84 Å². The molecule has 1 aliphatic heterocycles. The molecule has 6 nitrogen and oxygen atoms in total. The number of aliphatic hydroxyl groups is 1. The molecule has 0 atom stereocenters. The van der Waals surface area contributed by atoms with E-state index in [1.807, 2.05) is 0 Å². The van der Waals surface area contributed by atoms with E-state index < -0.39 is 0 Å². The van der Waals surface area contributed by atoms with Crippen LogP contribution in [0.4, 0.5) is 0 Å². The zero-order valence-corrected chi connectivity index (χ0v) is 10.2. The third kappa shape index (κ3) is 5.86. The Morgan fingerprint density at radius 1 is 1.41 bits per heavy atom. The van der Waals surface area contributed by atoms with Crippen LogP contribution in [0.3, 0.4) is 0 Å². The number of piperidine rings is 1. The van der Waals surface area contributed by atoms with Crippen molar-refractivity contribution < 1.29 is 15.1 Å². The summed E-state index contributed by atoms with van der Waals surface area (Å²) in [4.78, 5) is 2.36. The van der Waals surface area contributed by atoms with Gasteiger partial charge in [-0.05, 0) is 25.8 Å². The molecule has 0 aliphatic carbocycles. The molecule has 100 valence electrons. The number of likely N-dealkylation sites (tertiary alicyclic amines) is 1. The van der Waals surface area contributed by atoms with Gasteiger partial charge in [0.15, 0.2) is 0 Å². The van der Waals surface area contributed by atoms with Gasteiger partial charge >= 0.3 is 0 Å². The van der Waals surface area contributed by atoms with Crippen LogP contribution in [-0.2, 0) is 4.74 Å². The maximum Gasteiger partial charge on any atom is 0.139 e. The van der Waals surface area contributed by atoms with E-state index in [2.05, 4.69) is 10.1 Å². The van der Waals surface area contributed by atoms with Crippen molar-refractivity contribution in [2.45, 2.75) is 31.8 Å². The lowest BCUT2D eigenvalue weighted by molar-refractivity contribution is -0.00773. The Kier molecular flexibility index (Phi) is 6.91. The van der Waals surface area contributed by atoms with Crippen LogP contribution >= 0.6 is 0 Å². The number of hydrogen-bond donors (Lipinski definition) is 3. The average Bonchev–Trinajstić information content (AvgIpc) is 2.37. The van der Waals surface area contributed by atoms with Crippen molar-refractivity contribution in [3.63, 3.8) is 0 Å². The average molecular weight is 245 g/mol. The molecular weight excluding hydrogens is 222 g/mol. The van der Waals surface area contributed by atoms with Gasteiger partial charge in [-0.15, -0.1) is 0 Å². The van der Waals surface area contributed by atoms with Crippen molar-refractivity contribution in [3.8, 4) is 0 Å². The lowest BCUT2D eigenvalue weighted by Crippen LogP contribution is -2.38. The van der Waals surface area contributed by atoms with Crippen molar-refractivity contribution in [3.05, 3.63) is 0 Å². The number of nitrogens with two attached hydrogens (primary N) is 1. The van der Waals surface area contributed by atoms with Gasteiger partial charge in [-0.3, -0.25) is 0 Å². The number of amidine groups is 1. The highest BCUT2D eigenvalue weighted by Crippen LogP contribution is 2.13. The molecule has 1 rings (SSSR count). The Labute approximate surface area is 102 Å². The van der Waals surface area contributed by atoms with Gasteiger partial charge < -0.3 is 25.7 Å². The summed E-state index contributed by atoms with van der Waals surface area (Å²) < 4.78 is 5.49. The molecule has 1 aliphatic rings. The van der Waals surface area contributed by atoms with Crippen molar-refractivity contribution in [1.29, 1.82) is 0 Å². The largest absolute Gasteiger partial charge is 0.409 e. The van der Waals surface area contributed by atoms with Gasteiger partial charge in [0, 0.05) is 19.5 Å². The summed E-state index contributed by atoms with van der Waals surface area (Å²) in [5, 5.41) is 20.0. The fraction of sp³-hybridized carbons (Fsp3) is 0.909. The summed E-state index contributed by atoms with van der Waals surface area (Å²) in [6.07, 6.45) is 3.88. The minimum absolute atomic E-state index is 0.0972. The van der Waals surface area contributed by atoms with E-state index in [-0.39, 0.29) is 6.61 Å². The van der Waals surface area contributed by atoms with Crippen LogP contribution in [0, 0.1) is 0 Å². The predicted octanol–water partition coefficient (Wildman–Crippen LogP) is -0.0137. The molecule has 0 saturated carbocycles. The van der Waals surface area contributed by atoms with Crippen molar-refractivity contribution in [1.82, 2.24) is 4.90 Å². The van der Waals surface area contributed by atoms with E-state index in [0.29, 0.717) is 25.0 Å². The monoisotopic (exact) mass is 245 g/mol. The highest BCUT2D eigenvalue weighted by Gasteiger charge is 2.18. The Morgan fingerprint density at radius 2 is 2.12 bits per heavy atom. The third-order valence-electron chi connectivity index (χ3n) is 3.02. The Hall–Kier alpha value is -0.850. The number of ether oxygens (including phenoxy) is 1. The highest BCUT2D eigenvalue weighted by molar-refractivity contribution is 5.79. The molecule has 1 heterocycles. The van der Waals surface area contributed by atoms with E-state index in [1.165, 1.54) is 0 Å².